The maximum atomic E-state index is 13.6. The summed E-state index contributed by atoms with van der Waals surface area (Å²) in [6.45, 7) is 8.23. The molecule has 2 amide bonds. The molecule has 2 atom stereocenters. The van der Waals surface area contributed by atoms with Gasteiger partial charge in [0.1, 0.15) is 6.04 Å². The van der Waals surface area contributed by atoms with Gasteiger partial charge < -0.3 is 19.9 Å². The topological polar surface area (TPSA) is 65.1 Å². The molecule has 2 aliphatic heterocycles. The number of aryl methyl sites for hydroxylation is 1. The Morgan fingerprint density at radius 3 is 2.47 bits per heavy atom. The molecule has 7 heteroatoms. The van der Waals surface area contributed by atoms with Crippen LogP contribution in [-0.4, -0.2) is 98.1 Å². The van der Waals surface area contributed by atoms with Crippen LogP contribution in [0, 0.1) is 12.8 Å². The number of likely N-dealkylation sites (tertiary alicyclic amines) is 1. The average Bonchev–Trinajstić information content (AvgIpc) is 3.32. The Balaban J connectivity index is 1.54. The van der Waals surface area contributed by atoms with E-state index in [1.807, 2.05) is 41.0 Å². The van der Waals surface area contributed by atoms with Crippen molar-refractivity contribution >= 4 is 11.8 Å². The fourth-order valence-electron chi connectivity index (χ4n) is 5.83. The van der Waals surface area contributed by atoms with E-state index in [9.17, 15) is 9.59 Å². The first-order valence-corrected chi connectivity index (χ1v) is 13.2. The standard InChI is InChI=1S/C27H42N4O3/c1-21-8-10-23(11-9-21)26(32)31-20-24(18-25(31)27(33)29-14-12-28-13-15-29)30(16-17-34-2)19-22-6-4-3-5-7-22/h8-11,22,24-25,28H,3-7,12-20H2,1-2H3. The molecule has 3 fully saturated rings. The highest BCUT2D eigenvalue weighted by molar-refractivity contribution is 5.98. The van der Waals surface area contributed by atoms with Crippen LogP contribution in [0.4, 0.5) is 0 Å². The number of piperazine rings is 1. The van der Waals surface area contributed by atoms with E-state index in [-0.39, 0.29) is 17.9 Å². The molecule has 1 saturated carbocycles. The minimum atomic E-state index is -0.395. The van der Waals surface area contributed by atoms with Gasteiger partial charge in [-0.25, -0.2) is 0 Å². The number of carbonyl (C=O) groups is 2. The first kappa shape index (κ1) is 25.1. The van der Waals surface area contributed by atoms with Gasteiger partial charge in [-0.1, -0.05) is 37.0 Å². The second-order valence-electron chi connectivity index (χ2n) is 10.3. The van der Waals surface area contributed by atoms with Gasteiger partial charge in [-0.15, -0.1) is 0 Å². The maximum absolute atomic E-state index is 13.6. The van der Waals surface area contributed by atoms with Crippen molar-refractivity contribution in [1.82, 2.24) is 20.0 Å². The van der Waals surface area contributed by atoms with Crippen molar-refractivity contribution in [2.24, 2.45) is 5.92 Å². The van der Waals surface area contributed by atoms with Gasteiger partial charge in [0.25, 0.3) is 5.91 Å². The largest absolute Gasteiger partial charge is 0.383 e. The van der Waals surface area contributed by atoms with Gasteiger partial charge in [-0.05, 0) is 44.2 Å². The summed E-state index contributed by atoms with van der Waals surface area (Å²) in [5, 5.41) is 3.32. The van der Waals surface area contributed by atoms with Crippen molar-refractivity contribution < 1.29 is 14.3 Å². The maximum Gasteiger partial charge on any atom is 0.254 e. The van der Waals surface area contributed by atoms with Gasteiger partial charge in [-0.3, -0.25) is 14.5 Å². The number of hydrogen-bond donors (Lipinski definition) is 1. The number of rotatable bonds is 8. The Hall–Kier alpha value is -1.96. The van der Waals surface area contributed by atoms with E-state index in [0.717, 1.165) is 31.7 Å². The predicted molar refractivity (Wildman–Crippen MR) is 134 cm³/mol. The van der Waals surface area contributed by atoms with Crippen LogP contribution in [0.15, 0.2) is 24.3 Å². The summed E-state index contributed by atoms with van der Waals surface area (Å²) in [5.41, 5.74) is 1.79. The van der Waals surface area contributed by atoms with E-state index in [0.29, 0.717) is 44.1 Å². The molecule has 7 nitrogen and oxygen atoms in total. The highest BCUT2D eigenvalue weighted by atomic mass is 16.5. The van der Waals surface area contributed by atoms with Crippen LogP contribution in [0.2, 0.25) is 0 Å². The molecule has 2 heterocycles. The quantitative estimate of drug-likeness (QED) is 0.633. The van der Waals surface area contributed by atoms with Crippen molar-refractivity contribution in [3.8, 4) is 0 Å². The number of nitrogens with zero attached hydrogens (tertiary/aromatic N) is 3. The zero-order chi connectivity index (χ0) is 23.9. The lowest BCUT2D eigenvalue weighted by molar-refractivity contribution is -0.135. The van der Waals surface area contributed by atoms with Crippen LogP contribution >= 0.6 is 0 Å². The first-order chi connectivity index (χ1) is 16.6. The Bertz CT molecular complexity index is 803. The second kappa shape index (κ2) is 12.1. The predicted octanol–water partition coefficient (Wildman–Crippen LogP) is 2.54. The third-order valence-electron chi connectivity index (χ3n) is 7.87. The summed E-state index contributed by atoms with van der Waals surface area (Å²) < 4.78 is 5.44. The molecule has 2 saturated heterocycles. The molecule has 1 N–H and O–H groups in total. The molecule has 34 heavy (non-hydrogen) atoms. The Morgan fingerprint density at radius 1 is 1.09 bits per heavy atom. The summed E-state index contributed by atoms with van der Waals surface area (Å²) >= 11 is 0. The van der Waals surface area contributed by atoms with Crippen LogP contribution in [0.5, 0.6) is 0 Å². The van der Waals surface area contributed by atoms with Crippen molar-refractivity contribution in [1.29, 1.82) is 0 Å². The lowest BCUT2D eigenvalue weighted by Crippen LogP contribution is -2.53. The van der Waals surface area contributed by atoms with Gasteiger partial charge in [0, 0.05) is 64.5 Å². The van der Waals surface area contributed by atoms with E-state index in [1.54, 1.807) is 7.11 Å². The minimum Gasteiger partial charge on any atom is -0.383 e. The molecule has 2 unspecified atom stereocenters. The van der Waals surface area contributed by atoms with Gasteiger partial charge >= 0.3 is 0 Å². The van der Waals surface area contributed by atoms with Crippen LogP contribution in [0.1, 0.15) is 54.4 Å². The number of amides is 2. The number of benzene rings is 1. The summed E-state index contributed by atoms with van der Waals surface area (Å²) in [7, 11) is 1.75. The van der Waals surface area contributed by atoms with Crippen LogP contribution in [0.3, 0.4) is 0 Å². The van der Waals surface area contributed by atoms with Gasteiger partial charge in [0.2, 0.25) is 5.91 Å². The molecule has 1 aromatic carbocycles. The van der Waals surface area contributed by atoms with Crippen molar-refractivity contribution in [3.63, 3.8) is 0 Å². The molecule has 188 valence electrons. The second-order valence-corrected chi connectivity index (χ2v) is 10.3. The molecule has 0 spiro atoms. The third kappa shape index (κ3) is 6.18. The molecular formula is C27H42N4O3. The molecular weight excluding hydrogens is 428 g/mol. The van der Waals surface area contributed by atoms with Gasteiger partial charge in [-0.2, -0.15) is 0 Å². The number of ether oxygens (including phenoxy) is 1. The SMILES string of the molecule is COCCN(CC1CCCCC1)C1CC(C(=O)N2CCNCC2)N(C(=O)c2ccc(C)cc2)C1. The highest BCUT2D eigenvalue weighted by Gasteiger charge is 2.43. The van der Waals surface area contributed by atoms with E-state index < -0.39 is 6.04 Å². The van der Waals surface area contributed by atoms with Crippen molar-refractivity contribution in [3.05, 3.63) is 35.4 Å². The van der Waals surface area contributed by atoms with E-state index in [4.69, 9.17) is 4.74 Å². The molecule has 1 aromatic rings. The fourth-order valence-corrected chi connectivity index (χ4v) is 5.83. The lowest BCUT2D eigenvalue weighted by Gasteiger charge is -2.33. The summed E-state index contributed by atoms with van der Waals surface area (Å²) in [6, 6.07) is 7.52. The van der Waals surface area contributed by atoms with E-state index in [2.05, 4.69) is 10.2 Å². The van der Waals surface area contributed by atoms with Crippen LogP contribution in [-0.2, 0) is 9.53 Å². The molecule has 4 rings (SSSR count). The Morgan fingerprint density at radius 2 is 1.79 bits per heavy atom. The van der Waals surface area contributed by atoms with Crippen molar-refractivity contribution in [2.45, 2.75) is 57.5 Å². The normalized spacial score (nSPS) is 24.1. The monoisotopic (exact) mass is 470 g/mol. The Kier molecular flexibility index (Phi) is 8.98. The van der Waals surface area contributed by atoms with E-state index in [1.165, 1.54) is 32.1 Å². The van der Waals surface area contributed by atoms with Crippen LogP contribution < -0.4 is 5.32 Å². The number of hydrogen-bond acceptors (Lipinski definition) is 5. The zero-order valence-corrected chi connectivity index (χ0v) is 21.0. The fraction of sp³-hybridized carbons (Fsp3) is 0.704. The molecule has 0 aromatic heterocycles. The lowest BCUT2D eigenvalue weighted by atomic mass is 9.88. The van der Waals surface area contributed by atoms with Crippen molar-refractivity contribution in [2.75, 3.05) is 59.5 Å². The molecule has 0 radical (unpaired) electrons. The first-order valence-electron chi connectivity index (χ1n) is 13.2. The molecule has 1 aliphatic carbocycles. The summed E-state index contributed by atoms with van der Waals surface area (Å²) in [4.78, 5) is 33.6. The number of nitrogens with one attached hydrogen (secondary N) is 1. The van der Waals surface area contributed by atoms with Gasteiger partial charge in [0.05, 0.1) is 6.61 Å². The minimum absolute atomic E-state index is 0.0275. The van der Waals surface area contributed by atoms with E-state index >= 15 is 0 Å². The summed E-state index contributed by atoms with van der Waals surface area (Å²) in [6.07, 6.45) is 7.25. The van der Waals surface area contributed by atoms with Gasteiger partial charge in [0.15, 0.2) is 0 Å². The third-order valence-corrected chi connectivity index (χ3v) is 7.87. The number of carbonyl (C=O) groups excluding carboxylic acids is 2. The highest BCUT2D eigenvalue weighted by Crippen LogP contribution is 2.30. The Labute approximate surface area is 204 Å². The smallest absolute Gasteiger partial charge is 0.254 e. The number of methoxy groups -OCH3 is 1. The van der Waals surface area contributed by atoms with Crippen LogP contribution in [0.25, 0.3) is 0 Å². The summed E-state index contributed by atoms with van der Waals surface area (Å²) in [5.74, 6) is 0.781. The molecule has 0 bridgehead atoms. The molecule has 3 aliphatic rings. The average molecular weight is 471 g/mol. The zero-order valence-electron chi connectivity index (χ0n) is 21.0.